The lowest BCUT2D eigenvalue weighted by Crippen LogP contribution is -2.30. The van der Waals surface area contributed by atoms with Gasteiger partial charge in [-0.2, -0.15) is 0 Å². The molecular weight excluding hydrogens is 379 g/mol. The molecule has 8 heteroatoms. The van der Waals surface area contributed by atoms with Crippen molar-refractivity contribution < 1.29 is 19.4 Å². The number of halogens is 2. The van der Waals surface area contributed by atoms with Crippen LogP contribution >= 0.6 is 23.2 Å². The molecule has 140 valence electrons. The summed E-state index contributed by atoms with van der Waals surface area (Å²) in [5.74, 6) is -1.20. The molecule has 0 fully saturated rings. The Hall–Kier alpha value is -2.02. The predicted octanol–water partition coefficient (Wildman–Crippen LogP) is 4.18. The van der Waals surface area contributed by atoms with Crippen molar-refractivity contribution in [1.82, 2.24) is 4.98 Å². The Labute approximate surface area is 161 Å². The minimum absolute atomic E-state index is 0.212. The van der Waals surface area contributed by atoms with Crippen LogP contribution in [0.1, 0.15) is 47.3 Å². The summed E-state index contributed by atoms with van der Waals surface area (Å²) in [5, 5.41) is 13.1. The monoisotopic (exact) mass is 398 g/mol. The number of carbonyl (C=O) groups is 2. The third kappa shape index (κ3) is 4.58. The Balaban J connectivity index is 2.09. The van der Waals surface area contributed by atoms with E-state index in [1.54, 1.807) is 20.8 Å². The average molecular weight is 399 g/mol. The van der Waals surface area contributed by atoms with Gasteiger partial charge in [0.15, 0.2) is 6.10 Å². The summed E-state index contributed by atoms with van der Waals surface area (Å²) in [4.78, 5) is 27.5. The normalized spacial score (nSPS) is 13.2. The number of carbonyl (C=O) groups excluding carboxylic acids is 2. The maximum absolute atomic E-state index is 12.4. The van der Waals surface area contributed by atoms with E-state index in [4.69, 9.17) is 27.9 Å². The SMILES string of the molecule is Cc1[nH]c(C(=O)O[C@@H](C)C(=O)Nc2cc(Cl)cc(Cl)c2)c(C)c1[C@H](C)O. The van der Waals surface area contributed by atoms with Crippen LogP contribution in [0.25, 0.3) is 0 Å². The molecule has 1 aromatic carbocycles. The number of aryl methyl sites for hydroxylation is 1. The maximum atomic E-state index is 12.4. The van der Waals surface area contributed by atoms with Crippen LogP contribution < -0.4 is 5.32 Å². The lowest BCUT2D eigenvalue weighted by molar-refractivity contribution is -0.123. The number of benzene rings is 1. The summed E-state index contributed by atoms with van der Waals surface area (Å²) < 4.78 is 5.23. The average Bonchev–Trinajstić information content (AvgIpc) is 2.80. The molecule has 0 aliphatic carbocycles. The van der Waals surface area contributed by atoms with Gasteiger partial charge in [-0.15, -0.1) is 0 Å². The molecule has 1 heterocycles. The van der Waals surface area contributed by atoms with Gasteiger partial charge in [0.2, 0.25) is 0 Å². The third-order valence-corrected chi connectivity index (χ3v) is 4.34. The summed E-state index contributed by atoms with van der Waals surface area (Å²) in [6.07, 6.45) is -1.76. The van der Waals surface area contributed by atoms with Gasteiger partial charge >= 0.3 is 5.97 Å². The first-order valence-corrected chi connectivity index (χ1v) is 8.70. The Bertz CT molecular complexity index is 826. The van der Waals surface area contributed by atoms with Gasteiger partial charge in [0.25, 0.3) is 5.91 Å². The molecule has 1 aromatic heterocycles. The number of ether oxygens (including phenoxy) is 1. The van der Waals surface area contributed by atoms with Crippen LogP contribution in [0.3, 0.4) is 0 Å². The number of amides is 1. The van der Waals surface area contributed by atoms with E-state index < -0.39 is 24.1 Å². The highest BCUT2D eigenvalue weighted by Gasteiger charge is 2.24. The van der Waals surface area contributed by atoms with Gasteiger partial charge in [0.1, 0.15) is 5.69 Å². The summed E-state index contributed by atoms with van der Waals surface area (Å²) >= 11 is 11.8. The van der Waals surface area contributed by atoms with Crippen molar-refractivity contribution in [2.45, 2.75) is 39.9 Å². The first-order valence-electron chi connectivity index (χ1n) is 7.95. The molecule has 0 aliphatic rings. The molecule has 2 atom stereocenters. The van der Waals surface area contributed by atoms with Gasteiger partial charge in [-0.3, -0.25) is 4.79 Å². The molecule has 1 amide bonds. The van der Waals surface area contributed by atoms with Crippen molar-refractivity contribution in [2.75, 3.05) is 5.32 Å². The van der Waals surface area contributed by atoms with Crippen LogP contribution in [0.5, 0.6) is 0 Å². The fourth-order valence-corrected chi connectivity index (χ4v) is 3.26. The Morgan fingerprint density at radius 3 is 2.23 bits per heavy atom. The van der Waals surface area contributed by atoms with E-state index in [1.165, 1.54) is 25.1 Å². The van der Waals surface area contributed by atoms with Crippen molar-refractivity contribution in [3.05, 3.63) is 50.8 Å². The first kappa shape index (κ1) is 20.3. The molecule has 3 N–H and O–H groups in total. The lowest BCUT2D eigenvalue weighted by Gasteiger charge is -2.14. The molecular formula is C18H20Cl2N2O4. The van der Waals surface area contributed by atoms with E-state index in [1.807, 2.05) is 0 Å². The molecule has 0 saturated heterocycles. The van der Waals surface area contributed by atoms with E-state index in [2.05, 4.69) is 10.3 Å². The smallest absolute Gasteiger partial charge is 0.355 e. The molecule has 26 heavy (non-hydrogen) atoms. The Kier molecular flexibility index (Phi) is 6.34. The number of aromatic amines is 1. The minimum atomic E-state index is -1.04. The highest BCUT2D eigenvalue weighted by molar-refractivity contribution is 6.35. The summed E-state index contributed by atoms with van der Waals surface area (Å²) in [5.41, 5.74) is 2.53. The largest absolute Gasteiger partial charge is 0.448 e. The molecule has 0 saturated carbocycles. The van der Waals surface area contributed by atoms with Crippen molar-refractivity contribution >= 4 is 40.8 Å². The van der Waals surface area contributed by atoms with Crippen LogP contribution in [-0.4, -0.2) is 28.1 Å². The zero-order chi connectivity index (χ0) is 19.6. The quantitative estimate of drug-likeness (QED) is 0.658. The zero-order valence-corrected chi connectivity index (χ0v) is 16.3. The van der Waals surface area contributed by atoms with Crippen LogP contribution in [0.4, 0.5) is 5.69 Å². The van der Waals surface area contributed by atoms with Crippen molar-refractivity contribution in [3.8, 4) is 0 Å². The Morgan fingerprint density at radius 1 is 1.15 bits per heavy atom. The number of aliphatic hydroxyl groups excluding tert-OH is 1. The van der Waals surface area contributed by atoms with Crippen LogP contribution in [0.15, 0.2) is 18.2 Å². The van der Waals surface area contributed by atoms with E-state index in [0.717, 1.165) is 0 Å². The topological polar surface area (TPSA) is 91.4 Å². The standard InChI is InChI=1S/C18H20Cl2N2O4/c1-8-15(10(3)23)9(2)21-16(8)18(25)26-11(4)17(24)22-14-6-12(19)5-13(20)7-14/h5-7,10-11,21,23H,1-4H3,(H,22,24)/t10-,11-/m0/s1. The maximum Gasteiger partial charge on any atom is 0.355 e. The second-order valence-electron chi connectivity index (χ2n) is 6.03. The molecule has 0 bridgehead atoms. The number of hydrogen-bond acceptors (Lipinski definition) is 4. The molecule has 2 aromatic rings. The summed E-state index contributed by atoms with van der Waals surface area (Å²) in [6, 6.07) is 4.61. The fraction of sp³-hybridized carbons (Fsp3) is 0.333. The zero-order valence-electron chi connectivity index (χ0n) is 14.8. The van der Waals surface area contributed by atoms with Gasteiger partial charge in [0, 0.05) is 27.0 Å². The van der Waals surface area contributed by atoms with Gasteiger partial charge in [-0.25, -0.2) is 4.79 Å². The summed E-state index contributed by atoms with van der Waals surface area (Å²) in [6.45, 7) is 6.54. The van der Waals surface area contributed by atoms with Gasteiger partial charge < -0.3 is 20.1 Å². The molecule has 0 radical (unpaired) electrons. The van der Waals surface area contributed by atoms with Crippen LogP contribution in [0.2, 0.25) is 10.0 Å². The number of aromatic nitrogens is 1. The lowest BCUT2D eigenvalue weighted by atomic mass is 10.1. The van der Waals surface area contributed by atoms with Crippen LogP contribution in [0, 0.1) is 13.8 Å². The first-order chi connectivity index (χ1) is 12.1. The van der Waals surface area contributed by atoms with E-state index in [9.17, 15) is 14.7 Å². The van der Waals surface area contributed by atoms with Crippen molar-refractivity contribution in [1.29, 1.82) is 0 Å². The number of hydrogen-bond donors (Lipinski definition) is 3. The highest BCUT2D eigenvalue weighted by atomic mass is 35.5. The van der Waals surface area contributed by atoms with Gasteiger partial charge in [0.05, 0.1) is 6.10 Å². The van der Waals surface area contributed by atoms with Crippen LogP contribution in [-0.2, 0) is 9.53 Å². The molecule has 6 nitrogen and oxygen atoms in total. The van der Waals surface area contributed by atoms with Crippen molar-refractivity contribution in [3.63, 3.8) is 0 Å². The minimum Gasteiger partial charge on any atom is -0.448 e. The third-order valence-electron chi connectivity index (χ3n) is 3.90. The second kappa shape index (κ2) is 8.12. The second-order valence-corrected chi connectivity index (χ2v) is 6.91. The number of anilines is 1. The van der Waals surface area contributed by atoms with E-state index in [-0.39, 0.29) is 5.69 Å². The molecule has 2 rings (SSSR count). The number of rotatable bonds is 5. The molecule has 0 aliphatic heterocycles. The molecule has 0 unspecified atom stereocenters. The number of aliphatic hydroxyl groups is 1. The van der Waals surface area contributed by atoms with Gasteiger partial charge in [-0.1, -0.05) is 23.2 Å². The number of nitrogens with one attached hydrogen (secondary N) is 2. The Morgan fingerprint density at radius 2 is 1.73 bits per heavy atom. The number of esters is 1. The fourth-order valence-electron chi connectivity index (χ4n) is 2.74. The highest BCUT2D eigenvalue weighted by Crippen LogP contribution is 2.25. The van der Waals surface area contributed by atoms with Gasteiger partial charge in [-0.05, 0) is 51.5 Å². The molecule has 0 spiro atoms. The van der Waals surface area contributed by atoms with E-state index >= 15 is 0 Å². The van der Waals surface area contributed by atoms with E-state index in [0.29, 0.717) is 32.6 Å². The summed E-state index contributed by atoms with van der Waals surface area (Å²) in [7, 11) is 0. The predicted molar refractivity (Wildman–Crippen MR) is 101 cm³/mol. The number of H-pyrrole nitrogens is 1. The van der Waals surface area contributed by atoms with Crippen molar-refractivity contribution in [2.24, 2.45) is 0 Å².